The smallest absolute Gasteiger partial charge is 0.245 e. The number of H-pyrrole nitrogens is 1. The van der Waals surface area contributed by atoms with Crippen LogP contribution in [0.25, 0.3) is 0 Å². The first-order valence-corrected chi connectivity index (χ1v) is 13.0. The van der Waals surface area contributed by atoms with E-state index in [1.807, 2.05) is 20.8 Å². The topological polar surface area (TPSA) is 229 Å². The molecule has 0 aliphatic rings. The van der Waals surface area contributed by atoms with Crippen molar-refractivity contribution in [3.05, 3.63) is 18.2 Å². The van der Waals surface area contributed by atoms with Crippen LogP contribution in [0.5, 0.6) is 0 Å². The minimum absolute atomic E-state index is 0.0503. The summed E-state index contributed by atoms with van der Waals surface area (Å²) < 4.78 is 0. The average molecular weight is 553 g/mol. The molecule has 14 nitrogen and oxygen atoms in total. The van der Waals surface area contributed by atoms with Crippen molar-refractivity contribution in [1.82, 2.24) is 31.2 Å². The lowest BCUT2D eigenvalue weighted by Crippen LogP contribution is -2.60. The number of nitrogens with one attached hydrogen (secondary N) is 5. The molecule has 0 bridgehead atoms. The van der Waals surface area contributed by atoms with Crippen molar-refractivity contribution in [3.8, 4) is 0 Å². The Morgan fingerprint density at radius 3 is 2.10 bits per heavy atom. The highest BCUT2D eigenvalue weighted by atomic mass is 16.3. The van der Waals surface area contributed by atoms with Gasteiger partial charge in [-0.15, -0.1) is 0 Å². The van der Waals surface area contributed by atoms with Gasteiger partial charge in [0.2, 0.25) is 29.9 Å². The van der Waals surface area contributed by atoms with Gasteiger partial charge in [-0.25, -0.2) is 4.98 Å². The third-order valence-corrected chi connectivity index (χ3v) is 6.20. The fourth-order valence-electron chi connectivity index (χ4n) is 3.61. The van der Waals surface area contributed by atoms with Gasteiger partial charge in [-0.05, 0) is 25.2 Å². The van der Waals surface area contributed by atoms with Gasteiger partial charge in [0.15, 0.2) is 0 Å². The molecule has 4 amide bonds. The molecular weight excluding hydrogens is 510 g/mol. The molecule has 1 heterocycles. The predicted molar refractivity (Wildman–Crippen MR) is 141 cm³/mol. The lowest BCUT2D eigenvalue weighted by Gasteiger charge is -2.29. The van der Waals surface area contributed by atoms with E-state index in [0.717, 1.165) is 0 Å². The van der Waals surface area contributed by atoms with Gasteiger partial charge in [-0.2, -0.15) is 0 Å². The van der Waals surface area contributed by atoms with E-state index in [2.05, 4.69) is 31.2 Å². The Bertz CT molecular complexity index is 939. The molecule has 1 rings (SSSR count). The maximum absolute atomic E-state index is 13.3. The fourth-order valence-corrected chi connectivity index (χ4v) is 3.61. The number of aliphatic hydroxyl groups excluding tert-OH is 2. The molecule has 39 heavy (non-hydrogen) atoms. The van der Waals surface area contributed by atoms with Crippen LogP contribution in [0.4, 0.5) is 0 Å². The maximum atomic E-state index is 13.3. The number of aromatic amines is 1. The monoisotopic (exact) mass is 552 g/mol. The quantitative estimate of drug-likeness (QED) is 0.105. The molecular formula is C25H42N7O7. The van der Waals surface area contributed by atoms with Gasteiger partial charge in [-0.1, -0.05) is 34.1 Å². The summed E-state index contributed by atoms with van der Waals surface area (Å²) in [6, 6.07) is -5.87. The first kappa shape index (κ1) is 33.7. The molecule has 0 saturated heterocycles. The Hall–Kier alpha value is -3.36. The van der Waals surface area contributed by atoms with Crippen molar-refractivity contribution in [2.75, 3.05) is 6.61 Å². The van der Waals surface area contributed by atoms with Crippen LogP contribution in [0.2, 0.25) is 0 Å². The largest absolute Gasteiger partial charge is 0.394 e. The summed E-state index contributed by atoms with van der Waals surface area (Å²) in [4.78, 5) is 69.7. The maximum Gasteiger partial charge on any atom is 0.245 e. The molecule has 0 unspecified atom stereocenters. The third kappa shape index (κ3) is 11.1. The number of carbonyl (C=O) groups is 4. The number of aromatic nitrogens is 2. The summed E-state index contributed by atoms with van der Waals surface area (Å²) in [7, 11) is 0. The van der Waals surface area contributed by atoms with E-state index in [-0.39, 0.29) is 24.7 Å². The molecule has 1 aromatic heterocycles. The Balaban J connectivity index is 3.01. The lowest BCUT2D eigenvalue weighted by molar-refractivity contribution is -0.135. The number of carbonyl (C=O) groups excluding carboxylic acids is 5. The fraction of sp³-hybridized carbons (Fsp3) is 0.680. The van der Waals surface area contributed by atoms with Crippen molar-refractivity contribution in [1.29, 1.82) is 0 Å². The standard InChI is InChI=1S/C25H42N7O7/c1-6-14(4)21(25(39)29-17(10-33)8-16-9-27-12-28-16)32-22(36)18(7-13(2)3)30-23(37)19(11-34)31-24(38)20(26)15(5)35/h9,12-15,17-21,34-35H,6-8,11,26H2,1-5H3,(H,27,28)(H,29,39)(H,30,37)(H,31,38)(H,32,36)/t14-,15+,17-,18-,19-,20-,21-/m0/s1. The van der Waals surface area contributed by atoms with Crippen molar-refractivity contribution in [2.24, 2.45) is 17.6 Å². The predicted octanol–water partition coefficient (Wildman–Crippen LogP) is -2.21. The van der Waals surface area contributed by atoms with Crippen molar-refractivity contribution >= 4 is 29.9 Å². The number of hydrogen-bond donors (Lipinski definition) is 8. The molecule has 14 heteroatoms. The van der Waals surface area contributed by atoms with Crippen LogP contribution < -0.4 is 27.0 Å². The second-order valence-corrected chi connectivity index (χ2v) is 10.0. The lowest BCUT2D eigenvalue weighted by atomic mass is 9.96. The summed E-state index contributed by atoms with van der Waals surface area (Å²) in [5.74, 6) is -3.32. The summed E-state index contributed by atoms with van der Waals surface area (Å²) >= 11 is 0. The zero-order valence-electron chi connectivity index (χ0n) is 23.1. The molecule has 0 saturated carbocycles. The number of nitrogens with two attached hydrogens (primary N) is 1. The molecule has 0 fully saturated rings. The molecule has 0 spiro atoms. The Morgan fingerprint density at radius 2 is 1.62 bits per heavy atom. The minimum Gasteiger partial charge on any atom is -0.394 e. The summed E-state index contributed by atoms with van der Waals surface area (Å²) in [5.41, 5.74) is 6.13. The molecule has 0 aliphatic heterocycles. The summed E-state index contributed by atoms with van der Waals surface area (Å²) in [6.45, 7) is 7.78. The average Bonchev–Trinajstić information content (AvgIpc) is 3.40. The Labute approximate surface area is 228 Å². The second-order valence-electron chi connectivity index (χ2n) is 10.0. The highest BCUT2D eigenvalue weighted by Crippen LogP contribution is 2.12. The molecule has 219 valence electrons. The molecule has 9 N–H and O–H groups in total. The highest BCUT2D eigenvalue weighted by molar-refractivity contribution is 5.95. The van der Waals surface area contributed by atoms with Crippen molar-refractivity contribution in [2.45, 2.75) is 90.2 Å². The minimum atomic E-state index is -1.43. The first-order chi connectivity index (χ1) is 18.3. The number of rotatable bonds is 17. The van der Waals surface area contributed by atoms with E-state index in [0.29, 0.717) is 12.1 Å². The van der Waals surface area contributed by atoms with E-state index in [1.54, 1.807) is 19.4 Å². The Morgan fingerprint density at radius 1 is 1.00 bits per heavy atom. The Kier molecular flexibility index (Phi) is 14.3. The number of imidazole rings is 1. The molecule has 7 atom stereocenters. The van der Waals surface area contributed by atoms with Crippen molar-refractivity contribution in [3.63, 3.8) is 0 Å². The van der Waals surface area contributed by atoms with Gasteiger partial charge in [0.25, 0.3) is 0 Å². The van der Waals surface area contributed by atoms with E-state index < -0.39 is 66.5 Å². The van der Waals surface area contributed by atoms with E-state index in [4.69, 9.17) is 5.73 Å². The summed E-state index contributed by atoms with van der Waals surface area (Å²) in [6.07, 6.45) is 4.44. The van der Waals surface area contributed by atoms with Crippen LogP contribution in [0.1, 0.15) is 53.2 Å². The van der Waals surface area contributed by atoms with Crippen LogP contribution >= 0.6 is 0 Å². The van der Waals surface area contributed by atoms with Crippen LogP contribution in [-0.4, -0.2) is 93.0 Å². The highest BCUT2D eigenvalue weighted by Gasteiger charge is 2.33. The van der Waals surface area contributed by atoms with Gasteiger partial charge in [0, 0.05) is 12.6 Å². The number of hydrogen-bond acceptors (Lipinski definition) is 9. The SMILES string of the molecule is CC[C@H](C)[C@H](NC(=O)[C@H](CC(C)C)NC(=O)[C@H](CO)NC(=O)[C@@H](N)[C@@H](C)O)C(=O)N[C@H]([C]=O)Cc1c[nH]cn1. The number of amides is 4. The van der Waals surface area contributed by atoms with Gasteiger partial charge < -0.3 is 42.2 Å². The van der Waals surface area contributed by atoms with E-state index >= 15 is 0 Å². The van der Waals surface area contributed by atoms with Gasteiger partial charge in [0.05, 0.1) is 24.7 Å². The number of nitrogens with zero attached hydrogens (tertiary/aromatic N) is 1. The van der Waals surface area contributed by atoms with E-state index in [1.165, 1.54) is 13.3 Å². The van der Waals surface area contributed by atoms with Crippen LogP contribution in [0.15, 0.2) is 12.5 Å². The van der Waals surface area contributed by atoms with Gasteiger partial charge in [-0.3, -0.25) is 24.0 Å². The van der Waals surface area contributed by atoms with E-state index in [9.17, 15) is 34.2 Å². The number of aliphatic hydroxyl groups is 2. The van der Waals surface area contributed by atoms with Gasteiger partial charge in [0.1, 0.15) is 30.2 Å². The molecule has 1 aromatic rings. The van der Waals surface area contributed by atoms with Crippen LogP contribution in [0, 0.1) is 11.8 Å². The normalized spacial score (nSPS) is 16.6. The first-order valence-electron chi connectivity index (χ1n) is 13.0. The summed E-state index contributed by atoms with van der Waals surface area (Å²) in [5, 5.41) is 29.2. The molecule has 1 radical (unpaired) electrons. The third-order valence-electron chi connectivity index (χ3n) is 6.20. The zero-order valence-corrected chi connectivity index (χ0v) is 23.1. The van der Waals surface area contributed by atoms with Crippen LogP contribution in [0.3, 0.4) is 0 Å². The van der Waals surface area contributed by atoms with Crippen LogP contribution in [-0.2, 0) is 30.4 Å². The molecule has 0 aliphatic carbocycles. The second kappa shape index (κ2) is 16.6. The zero-order chi connectivity index (χ0) is 29.7. The van der Waals surface area contributed by atoms with Gasteiger partial charge >= 0.3 is 0 Å². The van der Waals surface area contributed by atoms with Crippen molar-refractivity contribution < 1.29 is 34.2 Å². The molecule has 0 aromatic carbocycles.